The van der Waals surface area contributed by atoms with Gasteiger partial charge in [-0.05, 0) is 61.5 Å². The van der Waals surface area contributed by atoms with E-state index >= 15 is 0 Å². The molecule has 0 spiro atoms. The summed E-state index contributed by atoms with van der Waals surface area (Å²) < 4.78 is 9.42. The van der Waals surface area contributed by atoms with Crippen LogP contribution in [0.4, 0.5) is 0 Å². The highest BCUT2D eigenvalue weighted by Gasteiger charge is 2.36. The third-order valence-corrected chi connectivity index (χ3v) is 12.5. The quantitative estimate of drug-likeness (QED) is 0.184. The predicted octanol–water partition coefficient (Wildman–Crippen LogP) is 14.1. The average Bonchev–Trinajstić information content (AvgIpc) is 3.90. The predicted molar refractivity (Wildman–Crippen MR) is 223 cm³/mol. The first-order valence-corrected chi connectivity index (χ1v) is 19.0. The van der Waals surface area contributed by atoms with Crippen molar-refractivity contribution in [1.29, 1.82) is 0 Å². The smallest absolute Gasteiger partial charge is 0.139 e. The number of furan rings is 1. The molecule has 0 bridgehead atoms. The van der Waals surface area contributed by atoms with Crippen LogP contribution in [-0.4, -0.2) is 4.98 Å². The van der Waals surface area contributed by atoms with Gasteiger partial charge in [0.2, 0.25) is 0 Å². The van der Waals surface area contributed by atoms with Gasteiger partial charge >= 0.3 is 0 Å². The van der Waals surface area contributed by atoms with E-state index in [1.807, 2.05) is 11.3 Å². The topological polar surface area (TPSA) is 26.0 Å². The molecule has 2 nitrogen and oxygen atoms in total. The molecular weight excluding hydrogens is 663 g/mol. The number of aromatic nitrogens is 1. The Morgan fingerprint density at radius 3 is 1.96 bits per heavy atom. The first kappa shape index (κ1) is 29.1. The lowest BCUT2D eigenvalue weighted by molar-refractivity contribution is 0.667. The number of rotatable bonds is 3. The van der Waals surface area contributed by atoms with Crippen molar-refractivity contribution in [3.05, 3.63) is 187 Å². The van der Waals surface area contributed by atoms with Gasteiger partial charge in [-0.25, -0.2) is 0 Å². The van der Waals surface area contributed by atoms with Gasteiger partial charge in [0.05, 0.1) is 22.7 Å². The van der Waals surface area contributed by atoms with Gasteiger partial charge in [-0.2, -0.15) is 0 Å². The monoisotopic (exact) mass is 691 g/mol. The standard InChI is InChI=1S/C50H29NOS/c1-2-14-29(15-3-1)30-26-27-37(32-17-5-4-16-31(30)32)49-46-38-22-10-12-24-41(38)52-42(46)28-40(51-49)45-34-19-7-9-21-36(34)48-47(45)35-20-8-6-18-33(35)44-39-23-11-13-25-43(39)53-50(44)48/h1-28,45H. The molecule has 8 aromatic carbocycles. The zero-order chi connectivity index (χ0) is 34.6. The summed E-state index contributed by atoms with van der Waals surface area (Å²) in [5.41, 5.74) is 12.5. The second-order valence-corrected chi connectivity index (χ2v) is 15.1. The SMILES string of the molecule is c1ccc(-c2ccc(-c3nc(C4c5ccccc5-c5c4c4ccccc4c4c5sc5ccccc54)cc4oc5ccccc5c34)c3ccccc23)cc1. The molecule has 11 aromatic rings. The van der Waals surface area contributed by atoms with Gasteiger partial charge in [0.1, 0.15) is 11.2 Å². The fourth-order valence-corrected chi connectivity index (χ4v) is 10.5. The number of hydrogen-bond donors (Lipinski definition) is 0. The Bertz CT molecular complexity index is 3300. The van der Waals surface area contributed by atoms with E-state index in [1.54, 1.807) is 0 Å². The maximum absolute atomic E-state index is 6.76. The van der Waals surface area contributed by atoms with Crippen LogP contribution < -0.4 is 0 Å². The maximum atomic E-state index is 6.76. The Hall–Kier alpha value is -6.55. The van der Waals surface area contributed by atoms with E-state index in [1.165, 1.54) is 75.1 Å². The minimum atomic E-state index is -0.0769. The van der Waals surface area contributed by atoms with Gasteiger partial charge in [0.25, 0.3) is 0 Å². The molecule has 3 heterocycles. The van der Waals surface area contributed by atoms with Crippen LogP contribution in [0.1, 0.15) is 22.7 Å². The van der Waals surface area contributed by atoms with E-state index < -0.39 is 0 Å². The molecule has 3 heteroatoms. The molecule has 0 saturated carbocycles. The highest BCUT2D eigenvalue weighted by atomic mass is 32.1. The highest BCUT2D eigenvalue weighted by molar-refractivity contribution is 7.26. The van der Waals surface area contributed by atoms with Crippen LogP contribution in [0, 0.1) is 0 Å². The number of hydrogen-bond acceptors (Lipinski definition) is 3. The first-order valence-electron chi connectivity index (χ1n) is 18.2. The number of fused-ring (bicyclic) bond motifs is 14. The number of benzene rings is 8. The zero-order valence-corrected chi connectivity index (χ0v) is 29.3. The van der Waals surface area contributed by atoms with E-state index in [-0.39, 0.29) is 5.92 Å². The fraction of sp³-hybridized carbons (Fsp3) is 0.0200. The van der Waals surface area contributed by atoms with Crippen LogP contribution in [0.3, 0.4) is 0 Å². The lowest BCUT2D eigenvalue weighted by Gasteiger charge is -2.19. The average molecular weight is 692 g/mol. The Morgan fingerprint density at radius 1 is 0.472 bits per heavy atom. The molecule has 0 aliphatic heterocycles. The van der Waals surface area contributed by atoms with E-state index in [0.29, 0.717) is 0 Å². The molecular formula is C50H29NOS. The second-order valence-electron chi connectivity index (χ2n) is 14.1. The summed E-state index contributed by atoms with van der Waals surface area (Å²) in [7, 11) is 0. The fourth-order valence-electron chi connectivity index (χ4n) is 9.17. The molecule has 246 valence electrons. The molecule has 0 amide bonds. The van der Waals surface area contributed by atoms with Gasteiger partial charge < -0.3 is 4.42 Å². The third kappa shape index (κ3) is 4.06. The van der Waals surface area contributed by atoms with Crippen LogP contribution in [0.25, 0.3) is 97.2 Å². The van der Waals surface area contributed by atoms with E-state index in [2.05, 4.69) is 170 Å². The second kappa shape index (κ2) is 11.0. The van der Waals surface area contributed by atoms with Gasteiger partial charge in [-0.15, -0.1) is 11.3 Å². The molecule has 0 radical (unpaired) electrons. The summed E-state index contributed by atoms with van der Waals surface area (Å²) in [6.45, 7) is 0. The van der Waals surface area contributed by atoms with Crippen LogP contribution in [0.15, 0.2) is 174 Å². The number of thiophene rings is 1. The summed E-state index contributed by atoms with van der Waals surface area (Å²) in [4.78, 5) is 5.80. The Morgan fingerprint density at radius 2 is 1.11 bits per heavy atom. The molecule has 53 heavy (non-hydrogen) atoms. The van der Waals surface area contributed by atoms with Crippen molar-refractivity contribution in [2.45, 2.75) is 5.92 Å². The Labute approximate surface area is 309 Å². The third-order valence-electron chi connectivity index (χ3n) is 11.3. The molecule has 1 unspecified atom stereocenters. The lowest BCUT2D eigenvalue weighted by atomic mass is 9.87. The molecule has 0 saturated heterocycles. The molecule has 12 rings (SSSR count). The van der Waals surface area contributed by atoms with Crippen molar-refractivity contribution in [2.75, 3.05) is 0 Å². The Balaban J connectivity index is 1.20. The summed E-state index contributed by atoms with van der Waals surface area (Å²) in [6.07, 6.45) is 0. The molecule has 0 fully saturated rings. The summed E-state index contributed by atoms with van der Waals surface area (Å²) in [5, 5.41) is 9.77. The largest absolute Gasteiger partial charge is 0.456 e. The maximum Gasteiger partial charge on any atom is 0.139 e. The molecule has 0 N–H and O–H groups in total. The van der Waals surface area contributed by atoms with Crippen molar-refractivity contribution in [2.24, 2.45) is 0 Å². The van der Waals surface area contributed by atoms with Crippen molar-refractivity contribution >= 4 is 75.0 Å². The van der Waals surface area contributed by atoms with Gasteiger partial charge in [-0.1, -0.05) is 152 Å². The normalized spacial score (nSPS) is 13.8. The van der Waals surface area contributed by atoms with E-state index in [9.17, 15) is 0 Å². The van der Waals surface area contributed by atoms with Crippen molar-refractivity contribution in [1.82, 2.24) is 4.98 Å². The molecule has 1 aliphatic carbocycles. The number of para-hydroxylation sites is 1. The van der Waals surface area contributed by atoms with E-state index in [0.717, 1.165) is 38.9 Å². The molecule has 1 aliphatic rings. The van der Waals surface area contributed by atoms with Crippen molar-refractivity contribution < 1.29 is 4.42 Å². The van der Waals surface area contributed by atoms with Crippen molar-refractivity contribution in [3.8, 4) is 33.5 Å². The minimum Gasteiger partial charge on any atom is -0.456 e. The highest BCUT2D eigenvalue weighted by Crippen LogP contribution is 2.57. The number of nitrogens with zero attached hydrogens (tertiary/aromatic N) is 1. The van der Waals surface area contributed by atoms with Gasteiger partial charge in [0.15, 0.2) is 0 Å². The lowest BCUT2D eigenvalue weighted by Crippen LogP contribution is -2.04. The molecule has 3 aromatic heterocycles. The van der Waals surface area contributed by atoms with Crippen LogP contribution in [0.2, 0.25) is 0 Å². The van der Waals surface area contributed by atoms with Gasteiger partial charge in [0, 0.05) is 42.8 Å². The first-order chi connectivity index (χ1) is 26.3. The van der Waals surface area contributed by atoms with Crippen LogP contribution in [-0.2, 0) is 0 Å². The van der Waals surface area contributed by atoms with Crippen LogP contribution in [0.5, 0.6) is 0 Å². The van der Waals surface area contributed by atoms with Gasteiger partial charge in [-0.3, -0.25) is 4.98 Å². The zero-order valence-electron chi connectivity index (χ0n) is 28.5. The van der Waals surface area contributed by atoms with Crippen LogP contribution >= 0.6 is 11.3 Å². The molecule has 1 atom stereocenters. The number of pyridine rings is 1. The van der Waals surface area contributed by atoms with E-state index in [4.69, 9.17) is 9.40 Å². The van der Waals surface area contributed by atoms with Crippen molar-refractivity contribution in [3.63, 3.8) is 0 Å². The summed E-state index contributed by atoms with van der Waals surface area (Å²) >= 11 is 1.91. The Kier molecular flexibility index (Phi) is 6.02. The minimum absolute atomic E-state index is 0.0769. The summed E-state index contributed by atoms with van der Waals surface area (Å²) in [6, 6.07) is 61.4. The summed E-state index contributed by atoms with van der Waals surface area (Å²) in [5.74, 6) is -0.0769.